The minimum Gasteiger partial charge on any atom is -0.392 e. The Morgan fingerprint density at radius 1 is 1.22 bits per heavy atom. The molecular weight excluding hydrogens is 262 g/mol. The van der Waals surface area contributed by atoms with Crippen molar-refractivity contribution < 1.29 is 5.11 Å². The van der Waals surface area contributed by atoms with Crippen LogP contribution in [0.5, 0.6) is 0 Å². The molecule has 0 fully saturated rings. The second kappa shape index (κ2) is 7.04. The van der Waals surface area contributed by atoms with E-state index in [0.29, 0.717) is 12.6 Å². The molecule has 0 aliphatic carbocycles. The molecule has 0 amide bonds. The van der Waals surface area contributed by atoms with E-state index in [2.05, 4.69) is 40.3 Å². The third kappa shape index (κ3) is 3.92. The molecular formula is C14H19NOS2. The first-order valence-electron chi connectivity index (χ1n) is 6.26. The van der Waals surface area contributed by atoms with Gasteiger partial charge in [0, 0.05) is 28.8 Å². The van der Waals surface area contributed by atoms with Crippen molar-refractivity contribution in [3.63, 3.8) is 0 Å². The minimum absolute atomic E-state index is 0.254. The third-order valence-corrected chi connectivity index (χ3v) is 4.83. The Morgan fingerprint density at radius 2 is 2.00 bits per heavy atom. The SMILES string of the molecule is CCC(O)CNC(Cc1cccs1)c1cccs1. The highest BCUT2D eigenvalue weighted by Crippen LogP contribution is 2.24. The predicted molar refractivity (Wildman–Crippen MR) is 79.4 cm³/mol. The molecule has 0 aromatic carbocycles. The van der Waals surface area contributed by atoms with Crippen molar-refractivity contribution in [1.29, 1.82) is 0 Å². The van der Waals surface area contributed by atoms with E-state index in [0.717, 1.165) is 12.8 Å². The van der Waals surface area contributed by atoms with E-state index >= 15 is 0 Å². The van der Waals surface area contributed by atoms with Gasteiger partial charge in [0.1, 0.15) is 0 Å². The molecule has 2 aromatic rings. The molecule has 0 bridgehead atoms. The normalized spacial score (nSPS) is 14.6. The Morgan fingerprint density at radius 3 is 2.61 bits per heavy atom. The quantitative estimate of drug-likeness (QED) is 0.814. The van der Waals surface area contributed by atoms with Gasteiger partial charge in [0.05, 0.1) is 6.10 Å². The zero-order valence-electron chi connectivity index (χ0n) is 10.5. The fourth-order valence-electron chi connectivity index (χ4n) is 1.82. The molecule has 0 aliphatic heterocycles. The fraction of sp³-hybridized carbons (Fsp3) is 0.429. The molecule has 2 heterocycles. The van der Waals surface area contributed by atoms with Gasteiger partial charge in [-0.15, -0.1) is 22.7 Å². The maximum atomic E-state index is 9.67. The van der Waals surface area contributed by atoms with Crippen LogP contribution in [0.25, 0.3) is 0 Å². The zero-order valence-corrected chi connectivity index (χ0v) is 12.1. The van der Waals surface area contributed by atoms with Gasteiger partial charge in [-0.05, 0) is 29.3 Å². The summed E-state index contributed by atoms with van der Waals surface area (Å²) in [6.45, 7) is 2.66. The monoisotopic (exact) mass is 281 g/mol. The van der Waals surface area contributed by atoms with Crippen LogP contribution in [-0.4, -0.2) is 17.8 Å². The second-order valence-electron chi connectivity index (χ2n) is 4.32. The summed E-state index contributed by atoms with van der Waals surface area (Å²) in [5.41, 5.74) is 0. The standard InChI is InChI=1S/C14H19NOS2/c1-2-11(16)10-15-13(14-6-4-8-18-14)9-12-5-3-7-17-12/h3-8,11,13,15-16H,2,9-10H2,1H3. The highest BCUT2D eigenvalue weighted by Gasteiger charge is 2.14. The molecule has 2 atom stereocenters. The van der Waals surface area contributed by atoms with Gasteiger partial charge in [-0.2, -0.15) is 0 Å². The lowest BCUT2D eigenvalue weighted by atomic mass is 10.1. The predicted octanol–water partition coefficient (Wildman–Crippen LogP) is 3.45. The van der Waals surface area contributed by atoms with Crippen molar-refractivity contribution in [2.75, 3.05) is 6.54 Å². The highest BCUT2D eigenvalue weighted by atomic mass is 32.1. The summed E-state index contributed by atoms with van der Waals surface area (Å²) >= 11 is 3.56. The van der Waals surface area contributed by atoms with Gasteiger partial charge in [0.15, 0.2) is 0 Å². The van der Waals surface area contributed by atoms with Crippen LogP contribution < -0.4 is 5.32 Å². The summed E-state index contributed by atoms with van der Waals surface area (Å²) in [5.74, 6) is 0. The molecule has 2 aromatic heterocycles. The van der Waals surface area contributed by atoms with E-state index in [1.807, 2.05) is 6.92 Å². The Balaban J connectivity index is 1.99. The summed E-state index contributed by atoms with van der Waals surface area (Å²) in [6.07, 6.45) is 1.54. The summed E-state index contributed by atoms with van der Waals surface area (Å²) in [4.78, 5) is 2.72. The third-order valence-electron chi connectivity index (χ3n) is 2.94. The van der Waals surface area contributed by atoms with E-state index in [1.165, 1.54) is 9.75 Å². The van der Waals surface area contributed by atoms with Gasteiger partial charge in [0.2, 0.25) is 0 Å². The Kier molecular flexibility index (Phi) is 5.38. The van der Waals surface area contributed by atoms with Crippen molar-refractivity contribution >= 4 is 22.7 Å². The van der Waals surface area contributed by atoms with Crippen LogP contribution in [0, 0.1) is 0 Å². The van der Waals surface area contributed by atoms with Gasteiger partial charge in [-0.1, -0.05) is 19.1 Å². The van der Waals surface area contributed by atoms with Gasteiger partial charge in [-0.25, -0.2) is 0 Å². The van der Waals surface area contributed by atoms with Crippen molar-refractivity contribution in [3.8, 4) is 0 Å². The Hall–Kier alpha value is -0.680. The molecule has 0 spiro atoms. The first kappa shape index (κ1) is 13.7. The Labute approximate surface area is 116 Å². The number of nitrogens with one attached hydrogen (secondary N) is 1. The molecule has 2 unspecified atom stereocenters. The van der Waals surface area contributed by atoms with Crippen LogP contribution >= 0.6 is 22.7 Å². The summed E-state index contributed by atoms with van der Waals surface area (Å²) < 4.78 is 0. The average molecular weight is 281 g/mol. The molecule has 98 valence electrons. The second-order valence-corrected chi connectivity index (χ2v) is 6.33. The number of hydrogen-bond donors (Lipinski definition) is 2. The van der Waals surface area contributed by atoms with E-state index in [-0.39, 0.29) is 6.10 Å². The highest BCUT2D eigenvalue weighted by molar-refractivity contribution is 7.10. The van der Waals surface area contributed by atoms with E-state index < -0.39 is 0 Å². The van der Waals surface area contributed by atoms with Gasteiger partial charge >= 0.3 is 0 Å². The first-order valence-corrected chi connectivity index (χ1v) is 8.02. The van der Waals surface area contributed by atoms with Crippen molar-refractivity contribution in [3.05, 3.63) is 44.8 Å². The summed E-state index contributed by atoms with van der Waals surface area (Å²) in [6, 6.07) is 8.81. The smallest absolute Gasteiger partial charge is 0.0662 e. The molecule has 0 saturated carbocycles. The molecule has 0 aliphatic rings. The number of thiophene rings is 2. The molecule has 2 rings (SSSR count). The van der Waals surface area contributed by atoms with Crippen molar-refractivity contribution in [2.24, 2.45) is 0 Å². The maximum absolute atomic E-state index is 9.67. The van der Waals surface area contributed by atoms with Crippen LogP contribution in [-0.2, 0) is 6.42 Å². The number of aliphatic hydroxyl groups is 1. The topological polar surface area (TPSA) is 32.3 Å². The zero-order chi connectivity index (χ0) is 12.8. The minimum atomic E-state index is -0.254. The molecule has 4 heteroatoms. The number of rotatable bonds is 7. The maximum Gasteiger partial charge on any atom is 0.0662 e. The lowest BCUT2D eigenvalue weighted by Gasteiger charge is -2.18. The number of aliphatic hydroxyl groups excluding tert-OH is 1. The lowest BCUT2D eigenvalue weighted by Crippen LogP contribution is -2.30. The van der Waals surface area contributed by atoms with Gasteiger partial charge in [0.25, 0.3) is 0 Å². The molecule has 2 N–H and O–H groups in total. The lowest BCUT2D eigenvalue weighted by molar-refractivity contribution is 0.163. The van der Waals surface area contributed by atoms with Gasteiger partial charge in [-0.3, -0.25) is 0 Å². The van der Waals surface area contributed by atoms with Crippen LogP contribution in [0.3, 0.4) is 0 Å². The summed E-state index contributed by atoms with van der Waals surface area (Å²) in [5, 5.41) is 17.4. The largest absolute Gasteiger partial charge is 0.392 e. The van der Waals surface area contributed by atoms with Gasteiger partial charge < -0.3 is 10.4 Å². The summed E-state index contributed by atoms with van der Waals surface area (Å²) in [7, 11) is 0. The van der Waals surface area contributed by atoms with Crippen molar-refractivity contribution in [2.45, 2.75) is 31.9 Å². The van der Waals surface area contributed by atoms with Crippen molar-refractivity contribution in [1.82, 2.24) is 5.32 Å². The molecule has 2 nitrogen and oxygen atoms in total. The molecule has 0 saturated heterocycles. The number of hydrogen-bond acceptors (Lipinski definition) is 4. The van der Waals surface area contributed by atoms with Crippen LogP contribution in [0.4, 0.5) is 0 Å². The Bertz CT molecular complexity index is 425. The first-order chi connectivity index (χ1) is 8.79. The van der Waals surface area contributed by atoms with E-state index in [1.54, 1.807) is 22.7 Å². The van der Waals surface area contributed by atoms with Crippen LogP contribution in [0.15, 0.2) is 35.0 Å². The fourth-order valence-corrected chi connectivity index (χ4v) is 3.37. The van der Waals surface area contributed by atoms with Crippen LogP contribution in [0.1, 0.15) is 29.1 Å². The van der Waals surface area contributed by atoms with E-state index in [4.69, 9.17) is 0 Å². The van der Waals surface area contributed by atoms with E-state index in [9.17, 15) is 5.11 Å². The molecule has 0 radical (unpaired) electrons. The molecule has 18 heavy (non-hydrogen) atoms. The van der Waals surface area contributed by atoms with Crippen LogP contribution in [0.2, 0.25) is 0 Å². The average Bonchev–Trinajstić information content (AvgIpc) is 3.06.